The molecule has 1 unspecified atom stereocenters. The van der Waals surface area contributed by atoms with Gasteiger partial charge in [-0.2, -0.15) is 5.10 Å². The van der Waals surface area contributed by atoms with Crippen LogP contribution >= 0.6 is 0 Å². The number of hydrogen-bond donors (Lipinski definition) is 0. The first-order chi connectivity index (χ1) is 14.4. The highest BCUT2D eigenvalue weighted by Gasteiger charge is 2.35. The Hall–Kier alpha value is -2.50. The topological polar surface area (TPSA) is 39.2 Å². The Morgan fingerprint density at radius 1 is 1.00 bits per heavy atom. The zero-order chi connectivity index (χ0) is 21.3. The van der Waals surface area contributed by atoms with Crippen LogP contribution in [0.2, 0.25) is 0 Å². The maximum atomic E-state index is 13.4. The van der Waals surface area contributed by atoms with Gasteiger partial charge in [-0.05, 0) is 50.6 Å². The third-order valence-corrected chi connectivity index (χ3v) is 6.37. The number of carbonyl (C=O) groups is 1. The molecule has 2 aliphatic rings. The number of nitrogens with zero attached hydrogens (tertiary/aromatic N) is 4. The van der Waals surface area contributed by atoms with Crippen molar-refractivity contribution >= 4 is 11.6 Å². The molecular weight excluding hydrogens is 372 g/mol. The Bertz CT molecular complexity index is 959. The summed E-state index contributed by atoms with van der Waals surface area (Å²) in [7, 11) is 2.13. The molecule has 2 heterocycles. The van der Waals surface area contributed by atoms with Crippen LogP contribution in [0.4, 0.5) is 0 Å². The van der Waals surface area contributed by atoms with E-state index in [1.54, 1.807) is 5.01 Å². The molecule has 0 aromatic heterocycles. The van der Waals surface area contributed by atoms with Crippen molar-refractivity contribution in [2.45, 2.75) is 33.2 Å². The van der Waals surface area contributed by atoms with Crippen LogP contribution < -0.4 is 0 Å². The minimum absolute atomic E-state index is 0.0407. The van der Waals surface area contributed by atoms with Gasteiger partial charge < -0.3 is 4.90 Å². The monoisotopic (exact) mass is 404 g/mol. The normalized spacial score (nSPS) is 20.5. The van der Waals surface area contributed by atoms with Crippen molar-refractivity contribution in [1.82, 2.24) is 14.8 Å². The molecule has 0 N–H and O–H groups in total. The van der Waals surface area contributed by atoms with Gasteiger partial charge in [-0.3, -0.25) is 9.69 Å². The summed E-state index contributed by atoms with van der Waals surface area (Å²) < 4.78 is 0. The Kier molecular flexibility index (Phi) is 6.02. The maximum absolute atomic E-state index is 13.4. The first-order valence-electron chi connectivity index (χ1n) is 10.9. The number of rotatable bonds is 4. The maximum Gasteiger partial charge on any atom is 0.257 e. The van der Waals surface area contributed by atoms with E-state index < -0.39 is 0 Å². The highest BCUT2D eigenvalue weighted by Crippen LogP contribution is 2.35. The molecule has 5 nitrogen and oxygen atoms in total. The van der Waals surface area contributed by atoms with Crippen molar-refractivity contribution in [3.05, 3.63) is 70.3 Å². The molecule has 1 fully saturated rings. The van der Waals surface area contributed by atoms with E-state index in [-0.39, 0.29) is 11.9 Å². The largest absolute Gasteiger partial charge is 0.304 e. The van der Waals surface area contributed by atoms with E-state index in [0.717, 1.165) is 43.9 Å². The lowest BCUT2D eigenvalue weighted by atomic mass is 9.93. The zero-order valence-electron chi connectivity index (χ0n) is 18.6. The number of amides is 1. The molecular formula is C25H32N4O. The second-order valence-corrected chi connectivity index (χ2v) is 8.76. The number of aryl methyl sites for hydroxylation is 3. The molecule has 0 spiro atoms. The third-order valence-electron chi connectivity index (χ3n) is 6.37. The molecule has 1 atom stereocenters. The smallest absolute Gasteiger partial charge is 0.257 e. The minimum atomic E-state index is -0.0407. The van der Waals surface area contributed by atoms with Crippen LogP contribution in [0.5, 0.6) is 0 Å². The van der Waals surface area contributed by atoms with E-state index in [9.17, 15) is 4.79 Å². The van der Waals surface area contributed by atoms with Gasteiger partial charge in [-0.25, -0.2) is 5.01 Å². The molecule has 30 heavy (non-hydrogen) atoms. The fourth-order valence-electron chi connectivity index (χ4n) is 4.42. The van der Waals surface area contributed by atoms with Crippen molar-refractivity contribution in [1.29, 1.82) is 0 Å². The number of hydrogen-bond acceptors (Lipinski definition) is 4. The summed E-state index contributed by atoms with van der Waals surface area (Å²) in [6.07, 6.45) is 0.754. The van der Waals surface area contributed by atoms with Gasteiger partial charge in [-0.15, -0.1) is 0 Å². The fraction of sp³-hybridized carbons (Fsp3) is 0.440. The van der Waals surface area contributed by atoms with Crippen LogP contribution in [-0.2, 0) is 4.79 Å². The highest BCUT2D eigenvalue weighted by molar-refractivity contribution is 6.04. The Balaban J connectivity index is 1.63. The molecule has 2 aromatic carbocycles. The zero-order valence-corrected chi connectivity index (χ0v) is 18.6. The van der Waals surface area contributed by atoms with Gasteiger partial charge in [0.1, 0.15) is 0 Å². The third kappa shape index (κ3) is 4.32. The van der Waals surface area contributed by atoms with Crippen LogP contribution in [-0.4, -0.2) is 66.2 Å². The average Bonchev–Trinajstić information content (AvgIpc) is 3.17. The molecule has 0 radical (unpaired) electrons. The van der Waals surface area contributed by atoms with Crippen LogP contribution in [0, 0.1) is 20.8 Å². The van der Waals surface area contributed by atoms with Gasteiger partial charge in [-0.1, -0.05) is 42.0 Å². The lowest BCUT2D eigenvalue weighted by Crippen LogP contribution is -2.48. The highest BCUT2D eigenvalue weighted by atomic mass is 16.2. The number of piperazine rings is 1. The molecule has 2 aliphatic heterocycles. The van der Waals surface area contributed by atoms with E-state index >= 15 is 0 Å². The summed E-state index contributed by atoms with van der Waals surface area (Å²) in [5.74, 6) is 0.0908. The van der Waals surface area contributed by atoms with Gasteiger partial charge in [0.05, 0.1) is 18.3 Å². The molecule has 158 valence electrons. The van der Waals surface area contributed by atoms with E-state index in [4.69, 9.17) is 5.10 Å². The summed E-state index contributed by atoms with van der Waals surface area (Å²) in [6.45, 7) is 10.6. The SMILES string of the molecule is Cc1ccc(C)c(C2=NN(C(=O)CN3CCN(C)CC3)C(c3ccccc3C)C2)c1. The summed E-state index contributed by atoms with van der Waals surface area (Å²) >= 11 is 0. The van der Waals surface area contributed by atoms with Gasteiger partial charge in [0.25, 0.3) is 5.91 Å². The van der Waals surface area contributed by atoms with Crippen molar-refractivity contribution in [3.8, 4) is 0 Å². The van der Waals surface area contributed by atoms with Crippen LogP contribution in [0.25, 0.3) is 0 Å². The number of likely N-dealkylation sites (N-methyl/N-ethyl adjacent to an activating group) is 1. The molecule has 0 bridgehead atoms. The molecule has 0 saturated carbocycles. The number of carbonyl (C=O) groups excluding carboxylic acids is 1. The standard InChI is InChI=1S/C25H32N4O/c1-18-9-10-20(3)22(15-18)23-16-24(21-8-6-5-7-19(21)2)29(26-23)25(30)17-28-13-11-27(4)12-14-28/h5-10,15,24H,11-14,16-17H2,1-4H3. The molecule has 2 aromatic rings. The Morgan fingerprint density at radius 2 is 1.73 bits per heavy atom. The predicted molar refractivity (Wildman–Crippen MR) is 122 cm³/mol. The first-order valence-corrected chi connectivity index (χ1v) is 10.9. The Morgan fingerprint density at radius 3 is 2.47 bits per heavy atom. The quantitative estimate of drug-likeness (QED) is 0.783. The summed E-state index contributed by atoms with van der Waals surface area (Å²) in [5.41, 5.74) is 6.98. The van der Waals surface area contributed by atoms with E-state index in [0.29, 0.717) is 6.54 Å². The van der Waals surface area contributed by atoms with Crippen molar-refractivity contribution in [2.24, 2.45) is 5.10 Å². The molecule has 1 amide bonds. The van der Waals surface area contributed by atoms with E-state index in [2.05, 4.69) is 80.1 Å². The summed E-state index contributed by atoms with van der Waals surface area (Å²) in [5, 5.41) is 6.66. The molecule has 0 aliphatic carbocycles. The number of benzene rings is 2. The average molecular weight is 405 g/mol. The van der Waals surface area contributed by atoms with Crippen molar-refractivity contribution in [2.75, 3.05) is 39.8 Å². The predicted octanol–water partition coefficient (Wildman–Crippen LogP) is 3.54. The van der Waals surface area contributed by atoms with Crippen LogP contribution in [0.1, 0.15) is 40.3 Å². The van der Waals surface area contributed by atoms with Gasteiger partial charge in [0.15, 0.2) is 0 Å². The van der Waals surface area contributed by atoms with Gasteiger partial charge in [0.2, 0.25) is 0 Å². The van der Waals surface area contributed by atoms with Crippen LogP contribution in [0.3, 0.4) is 0 Å². The van der Waals surface area contributed by atoms with Gasteiger partial charge in [0, 0.05) is 38.2 Å². The molecule has 5 heteroatoms. The first kappa shape index (κ1) is 20.8. The van der Waals surface area contributed by atoms with Crippen molar-refractivity contribution < 1.29 is 4.79 Å². The second kappa shape index (κ2) is 8.70. The summed E-state index contributed by atoms with van der Waals surface area (Å²) in [6, 6.07) is 14.8. The van der Waals surface area contributed by atoms with Crippen molar-refractivity contribution in [3.63, 3.8) is 0 Å². The Labute approximate surface area is 180 Å². The molecule has 4 rings (SSSR count). The van der Waals surface area contributed by atoms with E-state index in [1.165, 1.54) is 22.3 Å². The lowest BCUT2D eigenvalue weighted by molar-refractivity contribution is -0.134. The van der Waals surface area contributed by atoms with E-state index in [1.807, 2.05) is 0 Å². The summed E-state index contributed by atoms with van der Waals surface area (Å²) in [4.78, 5) is 17.9. The second-order valence-electron chi connectivity index (χ2n) is 8.76. The fourth-order valence-corrected chi connectivity index (χ4v) is 4.42. The lowest BCUT2D eigenvalue weighted by Gasteiger charge is -2.33. The van der Waals surface area contributed by atoms with Crippen LogP contribution in [0.15, 0.2) is 47.6 Å². The number of hydrazone groups is 1. The van der Waals surface area contributed by atoms with Gasteiger partial charge >= 0.3 is 0 Å². The minimum Gasteiger partial charge on any atom is -0.304 e. The molecule has 1 saturated heterocycles.